The third kappa shape index (κ3) is 3.05. The lowest BCUT2D eigenvalue weighted by Crippen LogP contribution is -2.41. The van der Waals surface area contributed by atoms with E-state index in [0.717, 1.165) is 12.8 Å². The molecule has 108 valence electrons. The van der Waals surface area contributed by atoms with Gasteiger partial charge in [-0.15, -0.1) is 0 Å². The topological polar surface area (TPSA) is 112 Å². The van der Waals surface area contributed by atoms with E-state index < -0.39 is 0 Å². The summed E-state index contributed by atoms with van der Waals surface area (Å²) in [5, 5.41) is 20.6. The molecule has 0 aromatic carbocycles. The Bertz CT molecular complexity index is 501. The van der Waals surface area contributed by atoms with Gasteiger partial charge in [0.25, 0.3) is 5.91 Å². The Morgan fingerprint density at radius 1 is 1.55 bits per heavy atom. The molecule has 4 N–H and O–H groups in total. The molecular weight excluding hydrogens is 260 g/mol. The van der Waals surface area contributed by atoms with Crippen molar-refractivity contribution >= 4 is 11.7 Å². The Morgan fingerprint density at radius 2 is 2.35 bits per heavy atom. The van der Waals surface area contributed by atoms with Gasteiger partial charge in [-0.2, -0.15) is 0 Å². The first-order chi connectivity index (χ1) is 9.65. The van der Waals surface area contributed by atoms with Crippen LogP contribution < -0.4 is 5.73 Å². The van der Waals surface area contributed by atoms with Crippen LogP contribution in [0.1, 0.15) is 28.9 Å². The van der Waals surface area contributed by atoms with Gasteiger partial charge in [-0.05, 0) is 30.9 Å². The molecule has 0 radical (unpaired) electrons. The van der Waals surface area contributed by atoms with Crippen LogP contribution in [0.2, 0.25) is 0 Å². The van der Waals surface area contributed by atoms with Crippen LogP contribution >= 0.6 is 0 Å². The number of hydrogen-bond acceptors (Lipinski definition) is 5. The van der Waals surface area contributed by atoms with E-state index in [9.17, 15) is 9.90 Å². The number of nitrogens with zero attached hydrogens (tertiary/aromatic N) is 3. The number of pyridine rings is 1. The van der Waals surface area contributed by atoms with Crippen LogP contribution in [0.4, 0.5) is 0 Å². The number of aliphatic hydroxyl groups is 1. The van der Waals surface area contributed by atoms with Gasteiger partial charge < -0.3 is 20.9 Å². The highest BCUT2D eigenvalue weighted by Crippen LogP contribution is 2.17. The van der Waals surface area contributed by atoms with E-state index in [0.29, 0.717) is 24.3 Å². The van der Waals surface area contributed by atoms with E-state index in [4.69, 9.17) is 10.9 Å². The minimum atomic E-state index is -0.158. The van der Waals surface area contributed by atoms with Gasteiger partial charge in [0.05, 0.1) is 0 Å². The number of oxime groups is 1. The zero-order valence-electron chi connectivity index (χ0n) is 11.1. The summed E-state index contributed by atoms with van der Waals surface area (Å²) in [7, 11) is 0. The summed E-state index contributed by atoms with van der Waals surface area (Å²) in [5.74, 6) is -0.0619. The highest BCUT2D eigenvalue weighted by atomic mass is 16.4. The minimum absolute atomic E-state index is 0.0465. The van der Waals surface area contributed by atoms with Crippen molar-refractivity contribution in [1.29, 1.82) is 0 Å². The van der Waals surface area contributed by atoms with E-state index in [1.807, 2.05) is 0 Å². The number of rotatable bonds is 3. The summed E-state index contributed by atoms with van der Waals surface area (Å²) in [6.45, 7) is 1.33. The molecule has 0 aliphatic carbocycles. The Kier molecular flexibility index (Phi) is 4.52. The van der Waals surface area contributed by atoms with Crippen molar-refractivity contribution in [2.24, 2.45) is 16.8 Å². The van der Waals surface area contributed by atoms with Crippen molar-refractivity contribution in [3.8, 4) is 0 Å². The number of aromatic nitrogens is 1. The van der Waals surface area contributed by atoms with Crippen molar-refractivity contribution in [3.63, 3.8) is 0 Å². The molecule has 1 atom stereocenters. The number of carbonyl (C=O) groups excluding carboxylic acids is 1. The first-order valence-corrected chi connectivity index (χ1v) is 6.49. The molecule has 1 unspecified atom stereocenters. The van der Waals surface area contributed by atoms with Gasteiger partial charge in [0.1, 0.15) is 5.69 Å². The van der Waals surface area contributed by atoms with Gasteiger partial charge in [-0.25, -0.2) is 0 Å². The van der Waals surface area contributed by atoms with Crippen molar-refractivity contribution in [2.45, 2.75) is 12.8 Å². The maximum absolute atomic E-state index is 12.3. The lowest BCUT2D eigenvalue weighted by Gasteiger charge is -2.31. The van der Waals surface area contributed by atoms with Crippen LogP contribution in [0.3, 0.4) is 0 Å². The second kappa shape index (κ2) is 6.33. The fraction of sp³-hybridized carbons (Fsp3) is 0.462. The summed E-state index contributed by atoms with van der Waals surface area (Å²) in [6, 6.07) is 3.14. The Labute approximate surface area is 116 Å². The number of amides is 1. The van der Waals surface area contributed by atoms with Crippen molar-refractivity contribution < 1.29 is 15.1 Å². The third-order valence-electron chi connectivity index (χ3n) is 3.45. The monoisotopic (exact) mass is 278 g/mol. The van der Waals surface area contributed by atoms with Gasteiger partial charge in [-0.1, -0.05) is 5.16 Å². The largest absolute Gasteiger partial charge is 0.409 e. The van der Waals surface area contributed by atoms with Gasteiger partial charge in [0.15, 0.2) is 5.84 Å². The fourth-order valence-corrected chi connectivity index (χ4v) is 2.29. The molecule has 1 aliphatic heterocycles. The Hall–Kier alpha value is -2.15. The van der Waals surface area contributed by atoms with E-state index in [2.05, 4.69) is 10.1 Å². The van der Waals surface area contributed by atoms with Crippen molar-refractivity contribution in [3.05, 3.63) is 29.6 Å². The second-order valence-electron chi connectivity index (χ2n) is 4.86. The Morgan fingerprint density at radius 3 is 2.95 bits per heavy atom. The van der Waals surface area contributed by atoms with E-state index in [1.54, 1.807) is 17.0 Å². The smallest absolute Gasteiger partial charge is 0.272 e. The van der Waals surface area contributed by atoms with Gasteiger partial charge in [0, 0.05) is 31.5 Å². The lowest BCUT2D eigenvalue weighted by molar-refractivity contribution is 0.0615. The second-order valence-corrected chi connectivity index (χ2v) is 4.86. The van der Waals surface area contributed by atoms with E-state index in [-0.39, 0.29) is 24.3 Å². The summed E-state index contributed by atoms with van der Waals surface area (Å²) in [4.78, 5) is 18.0. The molecule has 1 fully saturated rings. The molecule has 1 saturated heterocycles. The Balaban J connectivity index is 2.09. The molecule has 7 nitrogen and oxygen atoms in total. The average Bonchev–Trinajstić information content (AvgIpc) is 2.53. The number of likely N-dealkylation sites (tertiary alicyclic amines) is 1. The van der Waals surface area contributed by atoms with Crippen molar-refractivity contribution in [2.75, 3.05) is 19.7 Å². The SMILES string of the molecule is NC(=NO)c1ccc(C(=O)N2CCCC(CO)C2)nc1. The minimum Gasteiger partial charge on any atom is -0.409 e. The number of nitrogens with two attached hydrogens (primary N) is 1. The van der Waals surface area contributed by atoms with Crippen molar-refractivity contribution in [1.82, 2.24) is 9.88 Å². The highest BCUT2D eigenvalue weighted by Gasteiger charge is 2.24. The first-order valence-electron chi connectivity index (χ1n) is 6.49. The molecule has 0 saturated carbocycles. The number of carbonyl (C=O) groups is 1. The molecular formula is C13H18N4O3. The normalized spacial score (nSPS) is 19.9. The molecule has 1 aromatic rings. The van der Waals surface area contributed by atoms with Crippen LogP contribution in [0.15, 0.2) is 23.5 Å². The van der Waals surface area contributed by atoms with Gasteiger partial charge >= 0.3 is 0 Å². The third-order valence-corrected chi connectivity index (χ3v) is 3.45. The summed E-state index contributed by atoms with van der Waals surface area (Å²) in [6.07, 6.45) is 3.23. The average molecular weight is 278 g/mol. The molecule has 20 heavy (non-hydrogen) atoms. The standard InChI is InChI=1S/C13H18N4O3/c14-12(16-20)10-3-4-11(15-6-10)13(19)17-5-1-2-9(7-17)8-18/h3-4,6,9,18,20H,1-2,5,7-8H2,(H2,14,16). The molecule has 1 amide bonds. The quantitative estimate of drug-likeness (QED) is 0.312. The van der Waals surface area contributed by atoms with E-state index >= 15 is 0 Å². The molecule has 1 aliphatic rings. The molecule has 2 heterocycles. The molecule has 0 bridgehead atoms. The van der Waals surface area contributed by atoms with Crippen LogP contribution in [0.5, 0.6) is 0 Å². The van der Waals surface area contributed by atoms with Crippen LogP contribution in [0.25, 0.3) is 0 Å². The molecule has 7 heteroatoms. The number of amidine groups is 1. The molecule has 1 aromatic heterocycles. The van der Waals surface area contributed by atoms with Gasteiger partial charge in [0.2, 0.25) is 0 Å². The van der Waals surface area contributed by atoms with E-state index in [1.165, 1.54) is 6.20 Å². The maximum Gasteiger partial charge on any atom is 0.272 e. The fourth-order valence-electron chi connectivity index (χ4n) is 2.29. The van der Waals surface area contributed by atoms with Crippen LogP contribution in [0, 0.1) is 5.92 Å². The zero-order chi connectivity index (χ0) is 14.5. The summed E-state index contributed by atoms with van der Waals surface area (Å²) < 4.78 is 0. The lowest BCUT2D eigenvalue weighted by atomic mass is 9.99. The zero-order valence-corrected chi connectivity index (χ0v) is 11.1. The number of hydrogen-bond donors (Lipinski definition) is 3. The molecule has 0 spiro atoms. The molecule has 2 rings (SSSR count). The summed E-state index contributed by atoms with van der Waals surface area (Å²) in [5.41, 5.74) is 6.21. The predicted molar refractivity (Wildman–Crippen MR) is 72.5 cm³/mol. The van der Waals surface area contributed by atoms with Crippen LogP contribution in [-0.2, 0) is 0 Å². The summed E-state index contributed by atoms with van der Waals surface area (Å²) >= 11 is 0. The predicted octanol–water partition coefficient (Wildman–Crippen LogP) is 0.0206. The first kappa shape index (κ1) is 14.3. The van der Waals surface area contributed by atoms with Gasteiger partial charge in [-0.3, -0.25) is 9.78 Å². The van der Waals surface area contributed by atoms with Crippen LogP contribution in [-0.4, -0.2) is 51.6 Å². The highest BCUT2D eigenvalue weighted by molar-refractivity contribution is 5.98. The number of aliphatic hydroxyl groups excluding tert-OH is 1. The number of piperidine rings is 1. The maximum atomic E-state index is 12.3.